The molecule has 3 rings (SSSR count). The number of phenols is 1. The van der Waals surface area contributed by atoms with Crippen LogP contribution in [0.4, 0.5) is 0 Å². The summed E-state index contributed by atoms with van der Waals surface area (Å²) in [6.07, 6.45) is 1.95. The Morgan fingerprint density at radius 3 is 2.23 bits per heavy atom. The van der Waals surface area contributed by atoms with E-state index in [1.54, 1.807) is 19.1 Å². The highest BCUT2D eigenvalue weighted by molar-refractivity contribution is 5.97. The fourth-order valence-corrected chi connectivity index (χ4v) is 6.55. The van der Waals surface area contributed by atoms with Gasteiger partial charge in [-0.15, -0.1) is 0 Å². The summed E-state index contributed by atoms with van der Waals surface area (Å²) < 4.78 is 0. The number of benzene rings is 1. The van der Waals surface area contributed by atoms with Gasteiger partial charge < -0.3 is 59.1 Å². The fourth-order valence-electron chi connectivity index (χ4n) is 6.55. The Balaban J connectivity index is 1.76. The summed E-state index contributed by atoms with van der Waals surface area (Å²) in [5.41, 5.74) is 17.6. The smallest absolute Gasteiger partial charge is 0.245 e. The maximum atomic E-state index is 14.0. The van der Waals surface area contributed by atoms with Gasteiger partial charge in [0, 0.05) is 19.5 Å². The van der Waals surface area contributed by atoms with Gasteiger partial charge in [0.15, 0.2) is 5.96 Å². The Labute approximate surface area is 327 Å². The number of carbonyl (C=O) groups is 7. The molecule has 1 fully saturated rings. The van der Waals surface area contributed by atoms with E-state index in [1.165, 1.54) is 17.0 Å². The lowest BCUT2D eigenvalue weighted by molar-refractivity contribution is -0.142. The zero-order valence-electron chi connectivity index (χ0n) is 32.6. The van der Waals surface area contributed by atoms with Gasteiger partial charge in [-0.2, -0.15) is 0 Å². The first-order valence-electron chi connectivity index (χ1n) is 19.2. The summed E-state index contributed by atoms with van der Waals surface area (Å²) in [5, 5.41) is 25.9. The third kappa shape index (κ3) is 13.4. The molecule has 1 aromatic carbocycles. The maximum absolute atomic E-state index is 14.0. The first-order chi connectivity index (χ1) is 26.5. The predicted octanol–water partition coefficient (Wildman–Crippen LogP) is -2.42. The number of hydrogen-bond acceptors (Lipinski definition) is 12. The van der Waals surface area contributed by atoms with Crippen LogP contribution in [0, 0.1) is 11.8 Å². The fraction of sp³-hybridized carbons (Fsp3) is 0.622. The minimum atomic E-state index is -1.23. The molecule has 2 heterocycles. The minimum Gasteiger partial charge on any atom is -0.508 e. The number of nitrogens with one attached hydrogen (secondary N) is 6. The molecule has 1 saturated heterocycles. The second kappa shape index (κ2) is 21.6. The SMILES string of the molecule is CC[C@H](C)[C@H](NC(=O)[C@H](Cc1ccc(O)cc1)NC(=O)[C@@H]1CCCN1C(=O)[C@H](CCN)NC(=O)CNC(=O)[C@@H]1CCN=C(N)N1)C(=O)N[C@@H](CC(C)C)C(N)=O. The molecule has 56 heavy (non-hydrogen) atoms. The van der Waals surface area contributed by atoms with Crippen LogP contribution < -0.4 is 49.1 Å². The molecule has 0 radical (unpaired) electrons. The molecule has 0 aliphatic carbocycles. The average Bonchev–Trinajstić information content (AvgIpc) is 3.65. The summed E-state index contributed by atoms with van der Waals surface area (Å²) in [5.74, 6) is -4.47. The number of rotatable bonds is 20. The lowest BCUT2D eigenvalue weighted by atomic mass is 9.96. The number of phenolic OH excluding ortho intramolecular Hbond substituents is 1. The Bertz CT molecular complexity index is 1590. The second-order valence-corrected chi connectivity index (χ2v) is 14.8. The average molecular weight is 786 g/mol. The lowest BCUT2D eigenvalue weighted by Gasteiger charge is -2.31. The Hall–Kier alpha value is -5.46. The number of guanidine groups is 1. The Morgan fingerprint density at radius 1 is 0.929 bits per heavy atom. The van der Waals surface area contributed by atoms with Gasteiger partial charge in [0.05, 0.1) is 6.54 Å². The van der Waals surface area contributed by atoms with Crippen molar-refractivity contribution in [1.82, 2.24) is 36.8 Å². The van der Waals surface area contributed by atoms with Gasteiger partial charge in [0.2, 0.25) is 41.4 Å². The molecular weight excluding hydrogens is 726 g/mol. The molecule has 0 saturated carbocycles. The van der Waals surface area contributed by atoms with Gasteiger partial charge in [-0.3, -0.25) is 38.6 Å². The number of nitrogens with two attached hydrogens (primary N) is 3. The molecule has 19 nitrogen and oxygen atoms in total. The number of aliphatic imine (C=N–C) groups is 1. The van der Waals surface area contributed by atoms with Gasteiger partial charge >= 0.3 is 0 Å². The van der Waals surface area contributed by atoms with Gasteiger partial charge in [-0.1, -0.05) is 46.2 Å². The molecule has 0 aromatic heterocycles. The number of primary amides is 1. The van der Waals surface area contributed by atoms with Crippen LogP contribution in [0.2, 0.25) is 0 Å². The van der Waals surface area contributed by atoms with Gasteiger partial charge in [0.1, 0.15) is 42.0 Å². The van der Waals surface area contributed by atoms with Crippen molar-refractivity contribution in [2.45, 2.75) is 109 Å². The van der Waals surface area contributed by atoms with Crippen molar-refractivity contribution in [2.75, 3.05) is 26.2 Å². The van der Waals surface area contributed by atoms with Crippen molar-refractivity contribution in [3.05, 3.63) is 29.8 Å². The standard InChI is InChI=1S/C37H59N11O8/c1-5-21(4)30(35(55)44-26(31(39)51)17-20(2)3)47-33(53)27(18-22-8-10-23(49)11-9-22)45-34(54)28-7-6-16-48(28)36(56)25(12-14-38)43-29(50)19-42-32(52)24-13-15-41-37(40)46-24/h8-11,20-21,24-28,30,49H,5-7,12-19,38H2,1-4H3,(H2,39,51)(H,42,52)(H,43,50)(H,44,55)(H,45,54)(H,47,53)(H3,40,41,46)/t21-,24-,25-,26-,27-,28-,30-/m0/s1. The number of amides is 7. The van der Waals surface area contributed by atoms with Crippen LogP contribution in [0.25, 0.3) is 0 Å². The molecule has 0 unspecified atom stereocenters. The van der Waals surface area contributed by atoms with Crippen LogP contribution in [0.3, 0.4) is 0 Å². The molecule has 19 heteroatoms. The highest BCUT2D eigenvalue weighted by Crippen LogP contribution is 2.21. The third-order valence-electron chi connectivity index (χ3n) is 9.86. The number of nitrogens with zero attached hydrogens (tertiary/aromatic N) is 2. The highest BCUT2D eigenvalue weighted by atomic mass is 16.3. The normalized spacial score (nSPS) is 19.2. The molecule has 310 valence electrons. The van der Waals surface area contributed by atoms with Crippen molar-refractivity contribution in [2.24, 2.45) is 34.0 Å². The van der Waals surface area contributed by atoms with Crippen LogP contribution in [-0.2, 0) is 40.0 Å². The van der Waals surface area contributed by atoms with E-state index in [0.29, 0.717) is 37.8 Å². The van der Waals surface area contributed by atoms with Crippen LogP contribution in [0.15, 0.2) is 29.3 Å². The van der Waals surface area contributed by atoms with E-state index in [4.69, 9.17) is 17.2 Å². The van der Waals surface area contributed by atoms with Crippen molar-refractivity contribution in [3.63, 3.8) is 0 Å². The van der Waals surface area contributed by atoms with E-state index in [0.717, 1.165) is 0 Å². The molecule has 1 aromatic rings. The van der Waals surface area contributed by atoms with Crippen molar-refractivity contribution < 1.29 is 38.7 Å². The van der Waals surface area contributed by atoms with E-state index in [9.17, 15) is 38.7 Å². The number of aromatic hydroxyl groups is 1. The van der Waals surface area contributed by atoms with Crippen LogP contribution in [0.1, 0.15) is 71.8 Å². The van der Waals surface area contributed by atoms with Crippen LogP contribution in [0.5, 0.6) is 5.75 Å². The summed E-state index contributed by atoms with van der Waals surface area (Å²) in [7, 11) is 0. The molecule has 7 amide bonds. The van der Waals surface area contributed by atoms with E-state index < -0.39 is 84.1 Å². The lowest BCUT2D eigenvalue weighted by Crippen LogP contribution is -2.60. The van der Waals surface area contributed by atoms with Crippen molar-refractivity contribution >= 4 is 47.3 Å². The highest BCUT2D eigenvalue weighted by Gasteiger charge is 2.39. The number of carbonyl (C=O) groups excluding carboxylic acids is 7. The van der Waals surface area contributed by atoms with Gasteiger partial charge in [-0.05, 0) is 68.2 Å². The zero-order chi connectivity index (χ0) is 41.5. The largest absolute Gasteiger partial charge is 0.508 e. The zero-order valence-corrected chi connectivity index (χ0v) is 32.6. The molecule has 0 spiro atoms. The molecular formula is C37H59N11O8. The Kier molecular flexibility index (Phi) is 17.3. The summed E-state index contributed by atoms with van der Waals surface area (Å²) in [6.45, 7) is 7.55. The van der Waals surface area contributed by atoms with Crippen LogP contribution >= 0.6 is 0 Å². The third-order valence-corrected chi connectivity index (χ3v) is 9.86. The molecule has 0 bridgehead atoms. The van der Waals surface area contributed by atoms with E-state index in [2.05, 4.69) is 36.9 Å². The molecule has 13 N–H and O–H groups in total. The summed E-state index contributed by atoms with van der Waals surface area (Å²) >= 11 is 0. The molecule has 2 aliphatic rings. The van der Waals surface area contributed by atoms with E-state index in [-0.39, 0.29) is 55.9 Å². The molecule has 2 aliphatic heterocycles. The number of hydrogen-bond donors (Lipinski definition) is 10. The van der Waals surface area contributed by atoms with Crippen molar-refractivity contribution in [1.29, 1.82) is 0 Å². The first kappa shape index (κ1) is 44.9. The minimum absolute atomic E-state index is 0.000651. The summed E-state index contributed by atoms with van der Waals surface area (Å²) in [4.78, 5) is 98.2. The second-order valence-electron chi connectivity index (χ2n) is 14.8. The van der Waals surface area contributed by atoms with E-state index in [1.807, 2.05) is 20.8 Å². The topological polar surface area (TPSA) is 306 Å². The first-order valence-corrected chi connectivity index (χ1v) is 19.2. The number of likely N-dealkylation sites (tertiary alicyclic amines) is 1. The monoisotopic (exact) mass is 785 g/mol. The van der Waals surface area contributed by atoms with Crippen LogP contribution in [-0.4, -0.2) is 120 Å². The van der Waals surface area contributed by atoms with Gasteiger partial charge in [0.25, 0.3) is 0 Å². The maximum Gasteiger partial charge on any atom is 0.245 e. The van der Waals surface area contributed by atoms with Gasteiger partial charge in [-0.25, -0.2) is 0 Å². The molecule has 7 atom stereocenters. The van der Waals surface area contributed by atoms with Crippen molar-refractivity contribution in [3.8, 4) is 5.75 Å². The van der Waals surface area contributed by atoms with E-state index >= 15 is 0 Å². The predicted molar refractivity (Wildman–Crippen MR) is 207 cm³/mol. The summed E-state index contributed by atoms with van der Waals surface area (Å²) in [6, 6.07) is 0.0353. The Morgan fingerprint density at radius 2 is 1.62 bits per heavy atom. The quantitative estimate of drug-likeness (QED) is 0.0664.